The van der Waals surface area contributed by atoms with Gasteiger partial charge in [0, 0.05) is 23.6 Å². The van der Waals surface area contributed by atoms with Crippen LogP contribution in [0.1, 0.15) is 52.2 Å². The molecule has 3 aromatic rings. The van der Waals surface area contributed by atoms with Crippen molar-refractivity contribution in [2.45, 2.75) is 31.2 Å². The van der Waals surface area contributed by atoms with E-state index in [1.165, 1.54) is 24.3 Å². The minimum atomic E-state index is -1.14. The number of ether oxygens (including phenoxy) is 1. The first-order valence-electron chi connectivity index (χ1n) is 12.4. The normalized spacial score (nSPS) is 12.6. The molecule has 2 amide bonds. The lowest BCUT2D eigenvalue weighted by atomic mass is 9.98. The number of hydrogen-bond acceptors (Lipinski definition) is 5. The van der Waals surface area contributed by atoms with Crippen molar-refractivity contribution in [3.8, 4) is 11.1 Å². The van der Waals surface area contributed by atoms with Gasteiger partial charge in [0.15, 0.2) is 0 Å². The molecule has 0 bridgehead atoms. The van der Waals surface area contributed by atoms with Gasteiger partial charge < -0.3 is 26.2 Å². The summed E-state index contributed by atoms with van der Waals surface area (Å²) in [6, 6.07) is 21.2. The number of alkyl carbamates (subject to hydrolysis) is 1. The predicted octanol–water partition coefficient (Wildman–Crippen LogP) is 3.86. The van der Waals surface area contributed by atoms with Crippen LogP contribution >= 0.6 is 0 Å². The van der Waals surface area contributed by atoms with E-state index in [9.17, 15) is 19.5 Å². The minimum Gasteiger partial charge on any atom is -0.480 e. The molecule has 6 N–H and O–H groups in total. The average Bonchev–Trinajstić information content (AvgIpc) is 3.24. The molecule has 0 fully saturated rings. The summed E-state index contributed by atoms with van der Waals surface area (Å²) in [5, 5.41) is 22.1. The maximum atomic E-state index is 12.4. The van der Waals surface area contributed by atoms with E-state index in [1.807, 2.05) is 24.3 Å². The highest BCUT2D eigenvalue weighted by Gasteiger charge is 2.29. The maximum absolute atomic E-state index is 12.4. The van der Waals surface area contributed by atoms with Crippen molar-refractivity contribution >= 4 is 23.8 Å². The molecule has 0 unspecified atom stereocenters. The van der Waals surface area contributed by atoms with E-state index in [2.05, 4.69) is 34.9 Å². The van der Waals surface area contributed by atoms with E-state index in [-0.39, 0.29) is 30.3 Å². The molecule has 0 aromatic heterocycles. The third-order valence-corrected chi connectivity index (χ3v) is 6.59. The summed E-state index contributed by atoms with van der Waals surface area (Å²) in [5.41, 5.74) is 10.7. The maximum Gasteiger partial charge on any atom is 0.407 e. The molecule has 38 heavy (non-hydrogen) atoms. The molecule has 0 saturated heterocycles. The van der Waals surface area contributed by atoms with Gasteiger partial charge in [-0.05, 0) is 53.6 Å². The second-order valence-electron chi connectivity index (χ2n) is 9.10. The van der Waals surface area contributed by atoms with Crippen molar-refractivity contribution < 1.29 is 24.2 Å². The van der Waals surface area contributed by atoms with Crippen LogP contribution in [-0.4, -0.2) is 48.1 Å². The number of aliphatic carboxylic acids is 1. The topological polar surface area (TPSA) is 155 Å². The van der Waals surface area contributed by atoms with Gasteiger partial charge in [-0.25, -0.2) is 9.59 Å². The second kappa shape index (κ2) is 12.1. The van der Waals surface area contributed by atoms with Gasteiger partial charge in [0.25, 0.3) is 5.91 Å². The first kappa shape index (κ1) is 26.4. The summed E-state index contributed by atoms with van der Waals surface area (Å²) in [7, 11) is 0. The first-order chi connectivity index (χ1) is 18.3. The number of carbonyl (C=O) groups excluding carboxylic acids is 2. The van der Waals surface area contributed by atoms with Crippen LogP contribution in [0.2, 0.25) is 0 Å². The summed E-state index contributed by atoms with van der Waals surface area (Å²) >= 11 is 0. The second-order valence-corrected chi connectivity index (χ2v) is 9.10. The highest BCUT2D eigenvalue weighted by molar-refractivity contribution is 5.99. The molecule has 9 nitrogen and oxygen atoms in total. The van der Waals surface area contributed by atoms with E-state index in [4.69, 9.17) is 15.9 Å². The van der Waals surface area contributed by atoms with Crippen molar-refractivity contribution in [3.63, 3.8) is 0 Å². The van der Waals surface area contributed by atoms with Gasteiger partial charge in [0.2, 0.25) is 0 Å². The van der Waals surface area contributed by atoms with E-state index < -0.39 is 24.0 Å². The number of fused-ring (bicyclic) bond motifs is 3. The summed E-state index contributed by atoms with van der Waals surface area (Å²) in [6.07, 6.45) is 0.685. The number of nitrogens with two attached hydrogens (primary N) is 1. The molecule has 0 radical (unpaired) electrons. The monoisotopic (exact) mass is 514 g/mol. The van der Waals surface area contributed by atoms with Gasteiger partial charge in [-0.15, -0.1) is 0 Å². The third kappa shape index (κ3) is 6.18. The molecule has 196 valence electrons. The summed E-state index contributed by atoms with van der Waals surface area (Å²) < 4.78 is 5.51. The number of carboxylic acid groups (broad SMARTS) is 1. The Balaban J connectivity index is 1.19. The lowest BCUT2D eigenvalue weighted by molar-refractivity contribution is -0.139. The Morgan fingerprint density at radius 3 is 2.05 bits per heavy atom. The number of carboxylic acids is 1. The molecule has 4 rings (SSSR count). The Kier molecular flexibility index (Phi) is 8.37. The van der Waals surface area contributed by atoms with Crippen LogP contribution < -0.4 is 16.4 Å². The number of amidine groups is 1. The fourth-order valence-corrected chi connectivity index (χ4v) is 4.61. The van der Waals surface area contributed by atoms with Gasteiger partial charge in [-0.1, -0.05) is 60.7 Å². The highest BCUT2D eigenvalue weighted by Crippen LogP contribution is 2.44. The van der Waals surface area contributed by atoms with E-state index in [1.54, 1.807) is 0 Å². The van der Waals surface area contributed by atoms with E-state index in [0.717, 1.165) is 22.3 Å². The molecule has 0 spiro atoms. The number of carbonyl (C=O) groups is 3. The lowest BCUT2D eigenvalue weighted by Crippen LogP contribution is -2.40. The zero-order valence-corrected chi connectivity index (χ0v) is 20.8. The summed E-state index contributed by atoms with van der Waals surface area (Å²) in [4.78, 5) is 36.3. The van der Waals surface area contributed by atoms with Crippen LogP contribution in [0.4, 0.5) is 4.79 Å². The standard InChI is InChI=1S/C29H30N4O5/c30-26(31)18-12-14-19(15-13-18)27(34)33-25(28(35)36)11-5-6-16-32-29(37)38-17-24-22-9-3-1-7-20(22)21-8-2-4-10-23(21)24/h1-4,7-10,12-15,24-25H,5-6,11,16-17H2,(H3,30,31)(H,32,37)(H,33,34)(H,35,36)/t25-/m1/s1. The highest BCUT2D eigenvalue weighted by atomic mass is 16.5. The van der Waals surface area contributed by atoms with Gasteiger partial charge >= 0.3 is 12.1 Å². The average molecular weight is 515 g/mol. The Morgan fingerprint density at radius 2 is 1.47 bits per heavy atom. The van der Waals surface area contributed by atoms with Crippen molar-refractivity contribution in [2.75, 3.05) is 13.2 Å². The van der Waals surface area contributed by atoms with Crippen molar-refractivity contribution in [3.05, 3.63) is 95.1 Å². The van der Waals surface area contributed by atoms with Crippen LogP contribution in [0.25, 0.3) is 11.1 Å². The van der Waals surface area contributed by atoms with Gasteiger partial charge in [-0.3, -0.25) is 10.2 Å². The smallest absolute Gasteiger partial charge is 0.407 e. The zero-order valence-electron chi connectivity index (χ0n) is 20.8. The fraction of sp³-hybridized carbons (Fsp3) is 0.241. The Labute approximate surface area is 220 Å². The molecular formula is C29H30N4O5. The molecule has 0 heterocycles. The van der Waals surface area contributed by atoms with Crippen molar-refractivity contribution in [2.24, 2.45) is 5.73 Å². The molecule has 9 heteroatoms. The number of nitrogens with one attached hydrogen (secondary N) is 3. The number of benzene rings is 3. The third-order valence-electron chi connectivity index (χ3n) is 6.59. The Hall–Kier alpha value is -4.66. The van der Waals surface area contributed by atoms with Crippen LogP contribution in [0, 0.1) is 5.41 Å². The molecule has 0 aliphatic heterocycles. The molecule has 1 aliphatic rings. The Bertz CT molecular complexity index is 1290. The largest absolute Gasteiger partial charge is 0.480 e. The number of rotatable bonds is 11. The number of nitrogen functional groups attached to an aromatic ring is 1. The van der Waals surface area contributed by atoms with Crippen LogP contribution in [0.3, 0.4) is 0 Å². The van der Waals surface area contributed by atoms with Crippen molar-refractivity contribution in [1.82, 2.24) is 10.6 Å². The van der Waals surface area contributed by atoms with Crippen molar-refractivity contribution in [1.29, 1.82) is 5.41 Å². The molecular weight excluding hydrogens is 484 g/mol. The van der Waals surface area contributed by atoms with Gasteiger partial charge in [-0.2, -0.15) is 0 Å². The number of amides is 2. The molecule has 3 aromatic carbocycles. The van der Waals surface area contributed by atoms with Gasteiger partial charge in [0.05, 0.1) is 0 Å². The fourth-order valence-electron chi connectivity index (χ4n) is 4.61. The van der Waals surface area contributed by atoms with E-state index >= 15 is 0 Å². The summed E-state index contributed by atoms with van der Waals surface area (Å²) in [6.45, 7) is 0.545. The van der Waals surface area contributed by atoms with Crippen LogP contribution in [-0.2, 0) is 9.53 Å². The van der Waals surface area contributed by atoms with E-state index in [0.29, 0.717) is 24.9 Å². The quantitative estimate of drug-likeness (QED) is 0.149. The molecule has 1 atom stereocenters. The lowest BCUT2D eigenvalue weighted by Gasteiger charge is -2.16. The molecule has 1 aliphatic carbocycles. The van der Waals surface area contributed by atoms with Crippen LogP contribution in [0.5, 0.6) is 0 Å². The first-order valence-corrected chi connectivity index (χ1v) is 12.4. The number of hydrogen-bond donors (Lipinski definition) is 5. The predicted molar refractivity (Wildman–Crippen MR) is 143 cm³/mol. The molecule has 0 saturated carbocycles. The summed E-state index contributed by atoms with van der Waals surface area (Å²) in [5.74, 6) is -1.80. The van der Waals surface area contributed by atoms with Crippen LogP contribution in [0.15, 0.2) is 72.8 Å². The Morgan fingerprint density at radius 1 is 0.895 bits per heavy atom. The SMILES string of the molecule is N=C(N)c1ccc(C(=O)N[C@H](CCCCNC(=O)OCC2c3ccccc3-c3ccccc32)C(=O)O)cc1. The minimum absolute atomic E-state index is 0.0215. The zero-order chi connectivity index (χ0) is 27.1. The number of unbranched alkanes of at least 4 members (excludes halogenated alkanes) is 1. The van der Waals surface area contributed by atoms with Gasteiger partial charge in [0.1, 0.15) is 18.5 Å².